The molecule has 0 aliphatic heterocycles. The fourth-order valence-corrected chi connectivity index (χ4v) is 2.27. The number of nitrogens with one attached hydrogen (secondary N) is 1. The van der Waals surface area contributed by atoms with Gasteiger partial charge in [-0.3, -0.25) is 0 Å². The van der Waals surface area contributed by atoms with Crippen LogP contribution >= 0.6 is 27.7 Å². The van der Waals surface area contributed by atoms with Gasteiger partial charge in [-0.05, 0) is 24.0 Å². The third kappa shape index (κ3) is 4.37. The number of rotatable bonds is 7. The van der Waals surface area contributed by atoms with Gasteiger partial charge in [0.2, 0.25) is 0 Å². The fraction of sp³-hybridized carbons (Fsp3) is 0.538. The van der Waals surface area contributed by atoms with Gasteiger partial charge in [-0.2, -0.15) is 11.8 Å². The molecule has 0 aromatic heterocycles. The van der Waals surface area contributed by atoms with E-state index in [-0.39, 0.29) is 0 Å². The lowest BCUT2D eigenvalue weighted by Gasteiger charge is -2.14. The molecule has 1 aromatic rings. The predicted octanol–water partition coefficient (Wildman–Crippen LogP) is 3.31. The molecule has 3 nitrogen and oxygen atoms in total. The molecule has 0 spiro atoms. The van der Waals surface area contributed by atoms with E-state index in [1.54, 1.807) is 14.2 Å². The van der Waals surface area contributed by atoms with E-state index in [2.05, 4.69) is 34.4 Å². The Morgan fingerprint density at radius 2 is 1.89 bits per heavy atom. The molecule has 0 aliphatic carbocycles. The standard InChI is InChI=1S/C13H20BrNO2S/c1-9(18-4)7-15-8-10-5-12(16-2)13(17-3)6-11(10)14/h5-6,9,15H,7-8H2,1-4H3. The molecular formula is C13H20BrNO2S. The minimum absolute atomic E-state index is 0.615. The number of ether oxygens (including phenoxy) is 2. The third-order valence-electron chi connectivity index (χ3n) is 2.70. The summed E-state index contributed by atoms with van der Waals surface area (Å²) in [6, 6.07) is 3.94. The first-order chi connectivity index (χ1) is 8.62. The van der Waals surface area contributed by atoms with Gasteiger partial charge in [0.25, 0.3) is 0 Å². The quantitative estimate of drug-likeness (QED) is 0.829. The number of hydrogen-bond acceptors (Lipinski definition) is 4. The summed E-state index contributed by atoms with van der Waals surface area (Å²) >= 11 is 5.41. The normalized spacial score (nSPS) is 12.3. The van der Waals surface area contributed by atoms with Gasteiger partial charge in [0, 0.05) is 22.8 Å². The van der Waals surface area contributed by atoms with Crippen LogP contribution in [0.15, 0.2) is 16.6 Å². The number of hydrogen-bond donors (Lipinski definition) is 1. The molecule has 0 heterocycles. The average Bonchev–Trinajstić information content (AvgIpc) is 2.39. The van der Waals surface area contributed by atoms with Crippen LogP contribution in [0.5, 0.6) is 11.5 Å². The molecule has 1 rings (SSSR count). The Balaban J connectivity index is 2.71. The molecule has 0 aliphatic rings. The maximum Gasteiger partial charge on any atom is 0.161 e. The van der Waals surface area contributed by atoms with Crippen LogP contribution in [0.1, 0.15) is 12.5 Å². The zero-order valence-corrected chi connectivity index (χ0v) is 13.7. The average molecular weight is 334 g/mol. The largest absolute Gasteiger partial charge is 0.493 e. The molecule has 0 amide bonds. The van der Waals surface area contributed by atoms with Crippen molar-refractivity contribution >= 4 is 27.7 Å². The maximum atomic E-state index is 5.30. The van der Waals surface area contributed by atoms with E-state index in [0.29, 0.717) is 5.25 Å². The van der Waals surface area contributed by atoms with Gasteiger partial charge in [0.1, 0.15) is 0 Å². The van der Waals surface area contributed by atoms with Gasteiger partial charge in [-0.1, -0.05) is 22.9 Å². The van der Waals surface area contributed by atoms with Crippen LogP contribution in [0.2, 0.25) is 0 Å². The molecule has 5 heteroatoms. The number of halogens is 1. The van der Waals surface area contributed by atoms with Crippen LogP contribution < -0.4 is 14.8 Å². The molecule has 0 radical (unpaired) electrons. The first kappa shape index (κ1) is 15.7. The maximum absolute atomic E-state index is 5.30. The topological polar surface area (TPSA) is 30.5 Å². The molecule has 1 atom stereocenters. The second kappa shape index (κ2) is 7.92. The van der Waals surface area contributed by atoms with Crippen molar-refractivity contribution in [3.8, 4) is 11.5 Å². The summed E-state index contributed by atoms with van der Waals surface area (Å²) in [5.74, 6) is 1.50. The van der Waals surface area contributed by atoms with Crippen LogP contribution in [-0.2, 0) is 6.54 Å². The highest BCUT2D eigenvalue weighted by molar-refractivity contribution is 9.10. The van der Waals surface area contributed by atoms with Crippen LogP contribution in [0.3, 0.4) is 0 Å². The second-order valence-electron chi connectivity index (χ2n) is 3.98. The summed E-state index contributed by atoms with van der Waals surface area (Å²) in [6.07, 6.45) is 2.12. The minimum atomic E-state index is 0.615. The Morgan fingerprint density at radius 3 is 2.44 bits per heavy atom. The molecule has 0 fully saturated rings. The lowest BCUT2D eigenvalue weighted by Crippen LogP contribution is -2.22. The summed E-state index contributed by atoms with van der Waals surface area (Å²) in [5, 5.41) is 4.05. The number of benzene rings is 1. The molecule has 18 heavy (non-hydrogen) atoms. The Kier molecular flexibility index (Phi) is 6.89. The van der Waals surface area contributed by atoms with Crippen LogP contribution in [-0.4, -0.2) is 32.3 Å². The Labute approximate surface area is 122 Å². The zero-order chi connectivity index (χ0) is 13.5. The SMILES string of the molecule is COc1cc(Br)c(CNCC(C)SC)cc1OC. The number of methoxy groups -OCH3 is 2. The predicted molar refractivity (Wildman–Crippen MR) is 81.9 cm³/mol. The Morgan fingerprint density at radius 1 is 1.28 bits per heavy atom. The lowest BCUT2D eigenvalue weighted by molar-refractivity contribution is 0.354. The fourth-order valence-electron chi connectivity index (χ4n) is 1.53. The highest BCUT2D eigenvalue weighted by atomic mass is 79.9. The minimum Gasteiger partial charge on any atom is -0.493 e. The highest BCUT2D eigenvalue weighted by Gasteiger charge is 2.09. The molecule has 0 saturated carbocycles. The molecular weight excluding hydrogens is 314 g/mol. The third-order valence-corrected chi connectivity index (χ3v) is 4.41. The van der Waals surface area contributed by atoms with Crippen LogP contribution in [0.25, 0.3) is 0 Å². The highest BCUT2D eigenvalue weighted by Crippen LogP contribution is 2.33. The van der Waals surface area contributed by atoms with Gasteiger partial charge in [-0.25, -0.2) is 0 Å². The molecule has 1 N–H and O–H groups in total. The Hall–Kier alpha value is -0.390. The van der Waals surface area contributed by atoms with Gasteiger partial charge >= 0.3 is 0 Å². The van der Waals surface area contributed by atoms with Gasteiger partial charge in [-0.15, -0.1) is 0 Å². The van der Waals surface area contributed by atoms with Gasteiger partial charge < -0.3 is 14.8 Å². The Bertz CT molecular complexity index is 387. The first-order valence-electron chi connectivity index (χ1n) is 5.76. The summed E-state index contributed by atoms with van der Waals surface area (Å²) in [6.45, 7) is 4.01. The molecule has 102 valence electrons. The van der Waals surface area contributed by atoms with E-state index in [0.717, 1.165) is 29.1 Å². The van der Waals surface area contributed by atoms with Crippen molar-refractivity contribution in [2.75, 3.05) is 27.0 Å². The van der Waals surface area contributed by atoms with Gasteiger partial charge in [0.15, 0.2) is 11.5 Å². The lowest BCUT2D eigenvalue weighted by atomic mass is 10.2. The second-order valence-corrected chi connectivity index (χ2v) is 6.11. The first-order valence-corrected chi connectivity index (χ1v) is 7.84. The van der Waals surface area contributed by atoms with E-state index in [9.17, 15) is 0 Å². The van der Waals surface area contributed by atoms with E-state index in [4.69, 9.17) is 9.47 Å². The monoisotopic (exact) mass is 333 g/mol. The van der Waals surface area contributed by atoms with E-state index >= 15 is 0 Å². The molecule has 0 saturated heterocycles. The van der Waals surface area contributed by atoms with Crippen molar-refractivity contribution in [1.29, 1.82) is 0 Å². The molecule has 1 aromatic carbocycles. The van der Waals surface area contributed by atoms with Crippen LogP contribution in [0.4, 0.5) is 0 Å². The van der Waals surface area contributed by atoms with Crippen molar-refractivity contribution in [2.45, 2.75) is 18.7 Å². The van der Waals surface area contributed by atoms with Crippen molar-refractivity contribution in [3.63, 3.8) is 0 Å². The summed E-state index contributed by atoms with van der Waals surface area (Å²) in [7, 11) is 3.29. The molecule has 1 unspecified atom stereocenters. The zero-order valence-electron chi connectivity index (χ0n) is 11.2. The van der Waals surface area contributed by atoms with E-state index < -0.39 is 0 Å². The van der Waals surface area contributed by atoms with Crippen molar-refractivity contribution in [2.24, 2.45) is 0 Å². The van der Waals surface area contributed by atoms with E-state index in [1.807, 2.05) is 23.9 Å². The summed E-state index contributed by atoms with van der Waals surface area (Å²) < 4.78 is 11.6. The smallest absolute Gasteiger partial charge is 0.161 e. The van der Waals surface area contributed by atoms with Crippen molar-refractivity contribution < 1.29 is 9.47 Å². The molecule has 0 bridgehead atoms. The van der Waals surface area contributed by atoms with Gasteiger partial charge in [0.05, 0.1) is 14.2 Å². The van der Waals surface area contributed by atoms with Crippen molar-refractivity contribution in [3.05, 3.63) is 22.2 Å². The van der Waals surface area contributed by atoms with Crippen LogP contribution in [0, 0.1) is 0 Å². The van der Waals surface area contributed by atoms with E-state index in [1.165, 1.54) is 5.56 Å². The van der Waals surface area contributed by atoms with Crippen molar-refractivity contribution in [1.82, 2.24) is 5.32 Å². The summed E-state index contributed by atoms with van der Waals surface area (Å²) in [4.78, 5) is 0. The summed E-state index contributed by atoms with van der Waals surface area (Å²) in [5.41, 5.74) is 1.17. The number of thioether (sulfide) groups is 1.